The number of aliphatic hydroxyl groups excluding tert-OH is 1. The van der Waals surface area contributed by atoms with E-state index in [1.165, 1.54) is 24.8 Å². The first-order valence-corrected chi connectivity index (χ1v) is 6.87. The molecule has 0 heterocycles. The maximum absolute atomic E-state index is 10.2. The highest BCUT2D eigenvalue weighted by Crippen LogP contribution is 2.33. The number of aliphatic hydroxyl groups is 1. The molecule has 1 aliphatic rings. The monoisotopic (exact) mass is 282 g/mol. The van der Waals surface area contributed by atoms with Gasteiger partial charge in [0.05, 0.1) is 6.10 Å². The molecule has 3 unspecified atom stereocenters. The van der Waals surface area contributed by atoms with E-state index in [9.17, 15) is 5.11 Å². The highest BCUT2D eigenvalue weighted by atomic mass is 79.9. The summed E-state index contributed by atoms with van der Waals surface area (Å²) in [6.07, 6.45) is 4.28. The molecule has 1 saturated carbocycles. The Morgan fingerprint density at radius 3 is 2.88 bits per heavy atom. The molecule has 2 rings (SSSR count). The fourth-order valence-corrected chi connectivity index (χ4v) is 3.12. The standard InChI is InChI=1S/C14H19BrO/c1-10-5-6-12(7-10)14(16)9-11-3-2-4-13(15)8-11/h2-4,8,10,12,14,16H,5-7,9H2,1H3. The van der Waals surface area contributed by atoms with E-state index >= 15 is 0 Å². The zero-order valence-corrected chi connectivity index (χ0v) is 11.3. The molecule has 1 nitrogen and oxygen atoms in total. The van der Waals surface area contributed by atoms with Gasteiger partial charge in [-0.05, 0) is 48.8 Å². The molecule has 0 bridgehead atoms. The molecule has 1 fully saturated rings. The molecule has 1 aromatic carbocycles. The largest absolute Gasteiger partial charge is 0.392 e. The van der Waals surface area contributed by atoms with Gasteiger partial charge in [-0.25, -0.2) is 0 Å². The molecule has 16 heavy (non-hydrogen) atoms. The Labute approximate surface area is 106 Å². The summed E-state index contributed by atoms with van der Waals surface area (Å²) in [6, 6.07) is 8.24. The molecular formula is C14H19BrO. The van der Waals surface area contributed by atoms with Crippen LogP contribution in [0.1, 0.15) is 31.7 Å². The van der Waals surface area contributed by atoms with Gasteiger partial charge in [-0.15, -0.1) is 0 Å². The third kappa shape index (κ3) is 3.08. The molecule has 0 aliphatic heterocycles. The van der Waals surface area contributed by atoms with Gasteiger partial charge in [0, 0.05) is 4.47 Å². The van der Waals surface area contributed by atoms with E-state index in [4.69, 9.17) is 0 Å². The van der Waals surface area contributed by atoms with Crippen molar-refractivity contribution in [1.82, 2.24) is 0 Å². The first-order valence-electron chi connectivity index (χ1n) is 6.07. The van der Waals surface area contributed by atoms with E-state index in [0.717, 1.165) is 16.8 Å². The Kier molecular flexibility index (Phi) is 4.04. The van der Waals surface area contributed by atoms with Gasteiger partial charge in [-0.3, -0.25) is 0 Å². The Balaban J connectivity index is 1.94. The lowest BCUT2D eigenvalue weighted by atomic mass is 9.94. The lowest BCUT2D eigenvalue weighted by molar-refractivity contribution is 0.109. The highest BCUT2D eigenvalue weighted by molar-refractivity contribution is 9.10. The second kappa shape index (κ2) is 5.33. The summed E-state index contributed by atoms with van der Waals surface area (Å²) in [5, 5.41) is 10.2. The average Bonchev–Trinajstić information content (AvgIpc) is 2.65. The van der Waals surface area contributed by atoms with E-state index in [1.807, 2.05) is 12.1 Å². The molecule has 0 spiro atoms. The topological polar surface area (TPSA) is 20.2 Å². The van der Waals surface area contributed by atoms with Gasteiger partial charge in [0.1, 0.15) is 0 Å². The number of hydrogen-bond acceptors (Lipinski definition) is 1. The first kappa shape index (κ1) is 12.1. The zero-order chi connectivity index (χ0) is 11.5. The van der Waals surface area contributed by atoms with Gasteiger partial charge in [-0.2, -0.15) is 0 Å². The highest BCUT2D eigenvalue weighted by Gasteiger charge is 2.27. The van der Waals surface area contributed by atoms with E-state index in [0.29, 0.717) is 5.92 Å². The predicted octanol–water partition coefficient (Wildman–Crippen LogP) is 3.79. The van der Waals surface area contributed by atoms with Crippen LogP contribution in [0.3, 0.4) is 0 Å². The quantitative estimate of drug-likeness (QED) is 0.894. The van der Waals surface area contributed by atoms with Crippen molar-refractivity contribution >= 4 is 15.9 Å². The van der Waals surface area contributed by atoms with Crippen molar-refractivity contribution in [3.63, 3.8) is 0 Å². The Morgan fingerprint density at radius 2 is 2.25 bits per heavy atom. The lowest BCUT2D eigenvalue weighted by Gasteiger charge is -2.18. The molecule has 1 aliphatic carbocycles. The molecule has 1 aromatic rings. The molecule has 88 valence electrons. The molecule has 0 aromatic heterocycles. The minimum atomic E-state index is -0.167. The van der Waals surface area contributed by atoms with Crippen LogP contribution in [-0.4, -0.2) is 11.2 Å². The van der Waals surface area contributed by atoms with Crippen LogP contribution in [-0.2, 0) is 6.42 Å². The second-order valence-corrected chi connectivity index (χ2v) is 6.00. The van der Waals surface area contributed by atoms with Crippen LogP contribution in [0.5, 0.6) is 0 Å². The van der Waals surface area contributed by atoms with Gasteiger partial charge in [0.15, 0.2) is 0 Å². The number of halogens is 1. The Hall–Kier alpha value is -0.340. The maximum atomic E-state index is 10.2. The van der Waals surface area contributed by atoms with Crippen molar-refractivity contribution in [2.45, 2.75) is 38.7 Å². The molecule has 3 atom stereocenters. The van der Waals surface area contributed by atoms with E-state index in [1.54, 1.807) is 0 Å². The van der Waals surface area contributed by atoms with Crippen LogP contribution in [0.4, 0.5) is 0 Å². The van der Waals surface area contributed by atoms with Gasteiger partial charge in [0.2, 0.25) is 0 Å². The summed E-state index contributed by atoms with van der Waals surface area (Å²) in [6.45, 7) is 2.28. The molecule has 0 amide bonds. The summed E-state index contributed by atoms with van der Waals surface area (Å²) >= 11 is 3.46. The summed E-state index contributed by atoms with van der Waals surface area (Å²) in [5.74, 6) is 1.30. The molecule has 2 heteroatoms. The lowest BCUT2D eigenvalue weighted by Crippen LogP contribution is -2.20. The van der Waals surface area contributed by atoms with Crippen LogP contribution in [0.2, 0.25) is 0 Å². The van der Waals surface area contributed by atoms with Crippen molar-refractivity contribution in [2.75, 3.05) is 0 Å². The van der Waals surface area contributed by atoms with Gasteiger partial charge >= 0.3 is 0 Å². The van der Waals surface area contributed by atoms with Crippen LogP contribution in [0.15, 0.2) is 28.7 Å². The third-order valence-corrected chi connectivity index (χ3v) is 4.11. The van der Waals surface area contributed by atoms with Crippen LogP contribution >= 0.6 is 15.9 Å². The molecule has 0 radical (unpaired) electrons. The van der Waals surface area contributed by atoms with Crippen molar-refractivity contribution in [3.05, 3.63) is 34.3 Å². The van der Waals surface area contributed by atoms with E-state index in [2.05, 4.69) is 35.0 Å². The van der Waals surface area contributed by atoms with Crippen molar-refractivity contribution in [2.24, 2.45) is 11.8 Å². The molecular weight excluding hydrogens is 264 g/mol. The van der Waals surface area contributed by atoms with Gasteiger partial charge < -0.3 is 5.11 Å². The summed E-state index contributed by atoms with van der Waals surface area (Å²) in [7, 11) is 0. The third-order valence-electron chi connectivity index (χ3n) is 3.61. The summed E-state index contributed by atoms with van der Waals surface area (Å²) < 4.78 is 1.09. The SMILES string of the molecule is CC1CCC(C(O)Cc2cccc(Br)c2)C1. The van der Waals surface area contributed by atoms with Crippen LogP contribution in [0.25, 0.3) is 0 Å². The number of hydrogen-bond donors (Lipinski definition) is 1. The fraction of sp³-hybridized carbons (Fsp3) is 0.571. The van der Waals surface area contributed by atoms with Crippen LogP contribution < -0.4 is 0 Å². The first-order chi connectivity index (χ1) is 7.65. The van der Waals surface area contributed by atoms with Crippen molar-refractivity contribution < 1.29 is 5.11 Å². The minimum absolute atomic E-state index is 0.167. The second-order valence-electron chi connectivity index (χ2n) is 5.08. The normalized spacial score (nSPS) is 26.9. The molecule has 0 saturated heterocycles. The number of benzene rings is 1. The van der Waals surface area contributed by atoms with E-state index in [-0.39, 0.29) is 6.10 Å². The maximum Gasteiger partial charge on any atom is 0.0608 e. The zero-order valence-electron chi connectivity index (χ0n) is 9.70. The van der Waals surface area contributed by atoms with Gasteiger partial charge in [-0.1, -0.05) is 41.4 Å². The minimum Gasteiger partial charge on any atom is -0.392 e. The van der Waals surface area contributed by atoms with Crippen LogP contribution in [0, 0.1) is 11.8 Å². The predicted molar refractivity (Wildman–Crippen MR) is 70.4 cm³/mol. The smallest absolute Gasteiger partial charge is 0.0608 e. The molecule has 1 N–H and O–H groups in total. The Morgan fingerprint density at radius 1 is 1.44 bits per heavy atom. The van der Waals surface area contributed by atoms with Crippen molar-refractivity contribution in [3.8, 4) is 0 Å². The van der Waals surface area contributed by atoms with E-state index < -0.39 is 0 Å². The average molecular weight is 283 g/mol. The summed E-state index contributed by atoms with van der Waals surface area (Å²) in [4.78, 5) is 0. The van der Waals surface area contributed by atoms with Crippen molar-refractivity contribution in [1.29, 1.82) is 0 Å². The summed E-state index contributed by atoms with van der Waals surface area (Å²) in [5.41, 5.74) is 1.22. The fourth-order valence-electron chi connectivity index (χ4n) is 2.67. The number of rotatable bonds is 3. The Bertz CT molecular complexity index is 350. The van der Waals surface area contributed by atoms with Gasteiger partial charge in [0.25, 0.3) is 0 Å².